The van der Waals surface area contributed by atoms with E-state index in [0.29, 0.717) is 11.3 Å². The second kappa shape index (κ2) is 2.33. The summed E-state index contributed by atoms with van der Waals surface area (Å²) in [7, 11) is 0. The van der Waals surface area contributed by atoms with E-state index >= 15 is 0 Å². The fourth-order valence-electron chi connectivity index (χ4n) is 1.88. The lowest BCUT2D eigenvalue weighted by atomic mass is 9.94. The molecule has 0 aromatic rings. The van der Waals surface area contributed by atoms with E-state index in [0.717, 1.165) is 12.1 Å². The molecular weight excluding hydrogens is 146 g/mol. The van der Waals surface area contributed by atoms with Gasteiger partial charge in [0.15, 0.2) is 0 Å². The molecule has 0 aliphatic heterocycles. The number of fused-ring (bicyclic) bond motifs is 1. The van der Waals surface area contributed by atoms with Crippen molar-refractivity contribution in [3.63, 3.8) is 0 Å². The van der Waals surface area contributed by atoms with Gasteiger partial charge in [0.25, 0.3) is 0 Å². The Bertz CT molecular complexity index is 285. The first-order valence-corrected chi connectivity index (χ1v) is 4.45. The number of rotatable bonds is 2. The van der Waals surface area contributed by atoms with Crippen molar-refractivity contribution in [2.24, 2.45) is 17.1 Å². The number of hydrogen-bond donors (Lipinski definition) is 1. The van der Waals surface area contributed by atoms with E-state index in [-0.39, 0.29) is 0 Å². The van der Waals surface area contributed by atoms with Crippen molar-refractivity contribution < 1.29 is 0 Å². The van der Waals surface area contributed by atoms with Crippen LogP contribution in [0.2, 0.25) is 0 Å². The van der Waals surface area contributed by atoms with Crippen LogP contribution in [0.3, 0.4) is 0 Å². The van der Waals surface area contributed by atoms with Gasteiger partial charge in [0.05, 0.1) is 0 Å². The second-order valence-corrected chi connectivity index (χ2v) is 3.98. The summed E-state index contributed by atoms with van der Waals surface area (Å²) in [4.78, 5) is 0. The third kappa shape index (κ3) is 0.969. The summed E-state index contributed by atoms with van der Waals surface area (Å²) >= 11 is 0. The van der Waals surface area contributed by atoms with Gasteiger partial charge in [-0.25, -0.2) is 0 Å². The molecule has 0 aromatic carbocycles. The lowest BCUT2D eigenvalue weighted by molar-refractivity contribution is 0.620. The van der Waals surface area contributed by atoms with Crippen LogP contribution in [-0.2, 0) is 0 Å². The average molecular weight is 161 g/mol. The highest BCUT2D eigenvalue weighted by molar-refractivity contribution is 5.45. The van der Waals surface area contributed by atoms with Crippen LogP contribution >= 0.6 is 0 Å². The van der Waals surface area contributed by atoms with Crippen molar-refractivity contribution in [1.29, 1.82) is 0 Å². The first-order valence-electron chi connectivity index (χ1n) is 4.45. The molecule has 0 bridgehead atoms. The minimum absolute atomic E-state index is 0.332. The molecule has 0 heterocycles. The van der Waals surface area contributed by atoms with Gasteiger partial charge in [-0.2, -0.15) is 0 Å². The second-order valence-electron chi connectivity index (χ2n) is 3.98. The molecule has 0 spiro atoms. The summed E-state index contributed by atoms with van der Waals surface area (Å²) in [6.45, 7) is 6.76. The minimum Gasteiger partial charge on any atom is -0.330 e. The summed E-state index contributed by atoms with van der Waals surface area (Å²) in [5.74, 6) is 0.694. The summed E-state index contributed by atoms with van der Waals surface area (Å²) in [6, 6.07) is 0. The van der Waals surface area contributed by atoms with Crippen molar-refractivity contribution in [2.75, 3.05) is 6.54 Å². The van der Waals surface area contributed by atoms with Gasteiger partial charge in [-0.1, -0.05) is 30.4 Å². The fraction of sp³-hybridized carbons (Fsp3) is 0.455. The maximum absolute atomic E-state index is 5.70. The standard InChI is InChI=1S/C11H15N/c1-8(2)9-3-4-11(7-12)6-10(11)5-9/h3-5,10H,1,6-7,12H2,2H3. The molecule has 1 heteroatoms. The molecule has 2 unspecified atom stereocenters. The third-order valence-electron chi connectivity index (χ3n) is 3.03. The smallest absolute Gasteiger partial charge is 0.00769 e. The zero-order chi connectivity index (χ0) is 8.77. The number of allylic oxidation sites excluding steroid dienone is 4. The average Bonchev–Trinajstić information content (AvgIpc) is 2.77. The van der Waals surface area contributed by atoms with E-state index in [4.69, 9.17) is 5.73 Å². The molecule has 1 nitrogen and oxygen atoms in total. The van der Waals surface area contributed by atoms with Crippen molar-refractivity contribution in [3.05, 3.63) is 36.0 Å². The third-order valence-corrected chi connectivity index (χ3v) is 3.03. The lowest BCUT2D eigenvalue weighted by Crippen LogP contribution is -2.16. The van der Waals surface area contributed by atoms with Gasteiger partial charge in [0.1, 0.15) is 0 Å². The number of nitrogens with two attached hydrogens (primary N) is 1. The van der Waals surface area contributed by atoms with Crippen LogP contribution in [0.15, 0.2) is 36.0 Å². The Hall–Kier alpha value is -0.820. The van der Waals surface area contributed by atoms with Gasteiger partial charge in [-0.05, 0) is 24.8 Å². The summed E-state index contributed by atoms with van der Waals surface area (Å²) < 4.78 is 0. The summed E-state index contributed by atoms with van der Waals surface area (Å²) in [5, 5.41) is 0. The van der Waals surface area contributed by atoms with E-state index in [9.17, 15) is 0 Å². The Morgan fingerprint density at radius 2 is 2.58 bits per heavy atom. The maximum Gasteiger partial charge on any atom is 0.00769 e. The molecule has 1 saturated carbocycles. The predicted octanol–water partition coefficient (Wildman–Crippen LogP) is 2.02. The first-order chi connectivity index (χ1) is 5.68. The van der Waals surface area contributed by atoms with Crippen molar-refractivity contribution >= 4 is 0 Å². The summed E-state index contributed by atoms with van der Waals surface area (Å²) in [5.41, 5.74) is 8.48. The van der Waals surface area contributed by atoms with Gasteiger partial charge >= 0.3 is 0 Å². The maximum atomic E-state index is 5.70. The molecule has 2 N–H and O–H groups in total. The quantitative estimate of drug-likeness (QED) is 0.658. The largest absolute Gasteiger partial charge is 0.330 e. The van der Waals surface area contributed by atoms with Gasteiger partial charge in [-0.15, -0.1) is 0 Å². The predicted molar refractivity (Wildman–Crippen MR) is 51.6 cm³/mol. The topological polar surface area (TPSA) is 26.0 Å². The van der Waals surface area contributed by atoms with E-state index in [1.165, 1.54) is 12.0 Å². The van der Waals surface area contributed by atoms with Crippen LogP contribution in [0.25, 0.3) is 0 Å². The highest BCUT2D eigenvalue weighted by Crippen LogP contribution is 2.56. The SMILES string of the molecule is C=C(C)C1=CC2CC2(CN)C=C1. The van der Waals surface area contributed by atoms with Crippen molar-refractivity contribution in [2.45, 2.75) is 13.3 Å². The van der Waals surface area contributed by atoms with Crippen LogP contribution in [0.1, 0.15) is 13.3 Å². The first kappa shape index (κ1) is 7.81. The van der Waals surface area contributed by atoms with E-state index in [1.54, 1.807) is 0 Å². The molecule has 0 saturated heterocycles. The van der Waals surface area contributed by atoms with E-state index in [1.807, 2.05) is 6.92 Å². The molecule has 1 fully saturated rings. The van der Waals surface area contributed by atoms with Gasteiger partial charge in [-0.3, -0.25) is 0 Å². The molecule has 2 rings (SSSR count). The van der Waals surface area contributed by atoms with Crippen LogP contribution in [0, 0.1) is 11.3 Å². The van der Waals surface area contributed by atoms with Gasteiger partial charge < -0.3 is 5.73 Å². The molecule has 12 heavy (non-hydrogen) atoms. The van der Waals surface area contributed by atoms with Gasteiger partial charge in [0, 0.05) is 12.0 Å². The monoisotopic (exact) mass is 161 g/mol. The molecule has 0 amide bonds. The highest BCUT2D eigenvalue weighted by Gasteiger charge is 2.50. The minimum atomic E-state index is 0.332. The number of hydrogen-bond acceptors (Lipinski definition) is 1. The zero-order valence-corrected chi connectivity index (χ0v) is 7.51. The van der Waals surface area contributed by atoms with Crippen LogP contribution in [-0.4, -0.2) is 6.54 Å². The molecule has 2 atom stereocenters. The molecule has 2 aliphatic rings. The molecule has 0 aromatic heterocycles. The van der Waals surface area contributed by atoms with Crippen LogP contribution in [0.5, 0.6) is 0 Å². The van der Waals surface area contributed by atoms with Crippen LogP contribution < -0.4 is 5.73 Å². The van der Waals surface area contributed by atoms with Gasteiger partial charge in [0.2, 0.25) is 0 Å². The Morgan fingerprint density at radius 1 is 1.83 bits per heavy atom. The normalized spacial score (nSPS) is 37.2. The molecular formula is C11H15N. The van der Waals surface area contributed by atoms with Crippen molar-refractivity contribution in [1.82, 2.24) is 0 Å². The fourth-order valence-corrected chi connectivity index (χ4v) is 1.88. The Labute approximate surface area is 73.6 Å². The Morgan fingerprint density at radius 3 is 3.08 bits per heavy atom. The summed E-state index contributed by atoms with van der Waals surface area (Å²) in [6.07, 6.45) is 7.98. The zero-order valence-electron chi connectivity index (χ0n) is 7.51. The van der Waals surface area contributed by atoms with Crippen LogP contribution in [0.4, 0.5) is 0 Å². The Kier molecular flexibility index (Phi) is 1.52. The molecule has 64 valence electrons. The molecule has 2 aliphatic carbocycles. The highest BCUT2D eigenvalue weighted by atomic mass is 14.7. The van der Waals surface area contributed by atoms with E-state index < -0.39 is 0 Å². The molecule has 0 radical (unpaired) electrons. The lowest BCUT2D eigenvalue weighted by Gasteiger charge is -2.13. The Balaban J connectivity index is 2.20. The van der Waals surface area contributed by atoms with Crippen molar-refractivity contribution in [3.8, 4) is 0 Å². The van der Waals surface area contributed by atoms with E-state index in [2.05, 4.69) is 24.8 Å².